The zero-order chi connectivity index (χ0) is 60.1. The summed E-state index contributed by atoms with van der Waals surface area (Å²) in [6.45, 7) is 9.38. The van der Waals surface area contributed by atoms with Crippen molar-refractivity contribution in [3.63, 3.8) is 0 Å². The first kappa shape index (κ1) is 71.8. The first-order valence-corrected chi connectivity index (χ1v) is 26.7. The molecular weight excluding hydrogens is 1090 g/mol. The van der Waals surface area contributed by atoms with E-state index in [1.54, 1.807) is 41.5 Å². The third-order valence-electron chi connectivity index (χ3n) is 11.1. The Labute approximate surface area is 468 Å². The molecule has 0 heterocycles. The van der Waals surface area contributed by atoms with Crippen molar-refractivity contribution in [2.45, 2.75) is 147 Å². The van der Waals surface area contributed by atoms with Gasteiger partial charge in [-0.05, 0) is 50.4 Å². The molecule has 0 aromatic carbocycles. The van der Waals surface area contributed by atoms with Crippen LogP contribution in [-0.2, 0) is 57.5 Å². The van der Waals surface area contributed by atoms with E-state index in [2.05, 4.69) is 96.4 Å². The van der Waals surface area contributed by atoms with Crippen molar-refractivity contribution in [1.29, 1.82) is 5.41 Å². The zero-order valence-electron chi connectivity index (χ0n) is 44.7. The van der Waals surface area contributed by atoms with Crippen molar-refractivity contribution in [2.75, 3.05) is 37.0 Å². The Balaban J connectivity index is 6.51. The van der Waals surface area contributed by atoms with Crippen molar-refractivity contribution in [2.24, 2.45) is 35.0 Å². The van der Waals surface area contributed by atoms with E-state index in [0.29, 0.717) is 0 Å². The van der Waals surface area contributed by atoms with E-state index in [9.17, 15) is 72.9 Å². The van der Waals surface area contributed by atoms with Crippen LogP contribution in [0.5, 0.6) is 0 Å². The van der Waals surface area contributed by atoms with Gasteiger partial charge in [0.2, 0.25) is 65.0 Å². The minimum atomic E-state index is -1.74. The van der Waals surface area contributed by atoms with Gasteiger partial charge in [0.25, 0.3) is 0 Å². The van der Waals surface area contributed by atoms with Crippen LogP contribution in [0.1, 0.15) is 80.6 Å². The van der Waals surface area contributed by atoms with Crippen LogP contribution in [0.15, 0.2) is 0 Å². The standard InChI is InChI=1S/C45H81N15O15S3/c1-19(2)11-24(36(66)53-26(13-32(47)63)38(68)59-31(18-78)44(74)75)52-39(69)27(14-61)55-37(67)25(12-20(3)4)54-43(73)33(21(5)6)60-35(65)23(9-8-10-50-45(48)49)51-41(71)30(17-77)58-40(70)28(15-62)56-42(72)29(16-76)57-34(64)22(7)46/h19-31,33,61-62,76-78H,8-18,46H2,1-7H3,(H2,47,63)(H,51,71)(H,52,69)(H,53,66)(H,54,73)(H,55,67)(H,56,72)(H,57,64)(H,58,70)(H,59,68)(H,60,65)(H,74,75)(H4,48,49,50)/t22-,23-,24-,25-,26-,27-,28-,29-,30-,31-,33-/m0/s1. The van der Waals surface area contributed by atoms with Gasteiger partial charge in [0.05, 0.1) is 25.7 Å². The number of primary amides is 1. The molecule has 0 saturated carbocycles. The van der Waals surface area contributed by atoms with Crippen molar-refractivity contribution < 1.29 is 72.9 Å². The predicted molar refractivity (Wildman–Crippen MR) is 293 cm³/mol. The fraction of sp³-hybridized carbons (Fsp3) is 0.711. The van der Waals surface area contributed by atoms with Gasteiger partial charge in [-0.3, -0.25) is 58.1 Å². The maximum absolute atomic E-state index is 14.1. The minimum Gasteiger partial charge on any atom is -0.480 e. The lowest BCUT2D eigenvalue weighted by Crippen LogP contribution is -2.62. The summed E-state index contributed by atoms with van der Waals surface area (Å²) in [5.74, 6) is -14.7. The van der Waals surface area contributed by atoms with Crippen LogP contribution in [0.3, 0.4) is 0 Å². The van der Waals surface area contributed by atoms with Crippen molar-refractivity contribution in [3.8, 4) is 0 Å². The van der Waals surface area contributed by atoms with Crippen LogP contribution in [0.25, 0.3) is 0 Å². The zero-order valence-corrected chi connectivity index (χ0v) is 47.4. The van der Waals surface area contributed by atoms with E-state index in [-0.39, 0.29) is 67.3 Å². The molecule has 0 radical (unpaired) electrons. The number of nitrogens with two attached hydrogens (primary N) is 3. The summed E-state index contributed by atoms with van der Waals surface area (Å²) in [6.07, 6.45) is -0.915. The largest absolute Gasteiger partial charge is 0.480 e. The summed E-state index contributed by atoms with van der Waals surface area (Å²) < 4.78 is 0. The number of aliphatic carboxylic acids is 1. The van der Waals surface area contributed by atoms with E-state index in [1.807, 2.05) is 0 Å². The van der Waals surface area contributed by atoms with Crippen LogP contribution >= 0.6 is 37.9 Å². The molecule has 0 fully saturated rings. The fourth-order valence-corrected chi connectivity index (χ4v) is 7.60. The number of thiol groups is 3. The molecule has 0 aromatic heterocycles. The molecule has 0 bridgehead atoms. The normalized spacial score (nSPS) is 15.4. The second-order valence-corrected chi connectivity index (χ2v) is 20.3. The molecule has 0 aliphatic carbocycles. The molecule has 0 spiro atoms. The summed E-state index contributed by atoms with van der Waals surface area (Å²) in [4.78, 5) is 157. The number of nitrogens with one attached hydrogen (secondary N) is 12. The lowest BCUT2D eigenvalue weighted by Gasteiger charge is -2.29. The van der Waals surface area contributed by atoms with Crippen LogP contribution in [0, 0.1) is 23.2 Å². The first-order valence-electron chi connectivity index (χ1n) is 24.8. The maximum Gasteiger partial charge on any atom is 0.327 e. The third kappa shape index (κ3) is 26.9. The van der Waals surface area contributed by atoms with Crippen LogP contribution in [0.4, 0.5) is 0 Å². The quantitative estimate of drug-likeness (QED) is 0.0119. The Morgan fingerprint density at radius 1 is 0.462 bits per heavy atom. The molecule has 0 aliphatic heterocycles. The van der Waals surface area contributed by atoms with Gasteiger partial charge in [0.15, 0.2) is 5.96 Å². The van der Waals surface area contributed by atoms with Gasteiger partial charge in [-0.25, -0.2) is 4.79 Å². The Morgan fingerprint density at radius 2 is 0.795 bits per heavy atom. The molecular formula is C45H81N15O15S3. The van der Waals surface area contributed by atoms with Gasteiger partial charge in [-0.15, -0.1) is 0 Å². The Hall–Kier alpha value is -6.16. The highest BCUT2D eigenvalue weighted by Gasteiger charge is 2.37. The highest BCUT2D eigenvalue weighted by atomic mass is 32.1. The molecule has 0 unspecified atom stereocenters. The maximum atomic E-state index is 14.1. The van der Waals surface area contributed by atoms with Crippen LogP contribution < -0.4 is 75.7 Å². The molecule has 33 heteroatoms. The summed E-state index contributed by atoms with van der Waals surface area (Å²) in [5, 5.41) is 63.5. The molecule has 0 saturated heterocycles. The van der Waals surface area contributed by atoms with Crippen molar-refractivity contribution in [3.05, 3.63) is 0 Å². The third-order valence-corrected chi connectivity index (χ3v) is 12.2. The Morgan fingerprint density at radius 3 is 1.17 bits per heavy atom. The molecule has 21 N–H and O–H groups in total. The van der Waals surface area contributed by atoms with E-state index >= 15 is 0 Å². The molecule has 444 valence electrons. The van der Waals surface area contributed by atoms with E-state index in [0.717, 1.165) is 0 Å². The van der Waals surface area contributed by atoms with Crippen molar-refractivity contribution in [1.82, 2.24) is 58.5 Å². The predicted octanol–water partition coefficient (Wildman–Crippen LogP) is -7.07. The second-order valence-electron chi connectivity index (χ2n) is 19.2. The fourth-order valence-electron chi connectivity index (χ4n) is 6.84. The summed E-state index contributed by atoms with van der Waals surface area (Å²) in [7, 11) is 0. The summed E-state index contributed by atoms with van der Waals surface area (Å²) in [5.41, 5.74) is 16.2. The minimum absolute atomic E-state index is 0.0485. The topological polar surface area (TPSA) is 500 Å². The second kappa shape index (κ2) is 36.8. The van der Waals surface area contributed by atoms with Crippen molar-refractivity contribution >= 4 is 115 Å². The summed E-state index contributed by atoms with van der Waals surface area (Å²) in [6, 6.07) is -16.0. The number of aliphatic hydroxyl groups excluding tert-OH is 2. The number of amides is 11. The number of rotatable bonds is 37. The number of carboxylic acid groups (broad SMARTS) is 1. The summed E-state index contributed by atoms with van der Waals surface area (Å²) >= 11 is 12.1. The Bertz CT molecular complexity index is 2090. The lowest BCUT2D eigenvalue weighted by molar-refractivity contribution is -0.142. The number of carbonyl (C=O) groups is 12. The van der Waals surface area contributed by atoms with Gasteiger partial charge >= 0.3 is 5.97 Å². The molecule has 11 atom stereocenters. The van der Waals surface area contributed by atoms with Gasteiger partial charge in [0.1, 0.15) is 60.4 Å². The monoisotopic (exact) mass is 1170 g/mol. The Kier molecular flexibility index (Phi) is 33.9. The average molecular weight is 1170 g/mol. The molecule has 0 aromatic rings. The number of hydrogen-bond acceptors (Lipinski definition) is 19. The lowest BCUT2D eigenvalue weighted by atomic mass is 9.99. The van der Waals surface area contributed by atoms with E-state index in [1.165, 1.54) is 6.92 Å². The molecule has 0 aliphatic rings. The average Bonchev–Trinajstić information content (AvgIpc) is 3.35. The van der Waals surface area contributed by atoms with Gasteiger partial charge < -0.3 is 91.0 Å². The first-order chi connectivity index (χ1) is 36.4. The van der Waals surface area contributed by atoms with E-state index < -0.39 is 163 Å². The van der Waals surface area contributed by atoms with Gasteiger partial charge in [0, 0.05) is 23.8 Å². The number of carbonyl (C=O) groups excluding carboxylic acids is 11. The van der Waals surface area contributed by atoms with Gasteiger partial charge in [-0.2, -0.15) is 37.9 Å². The number of hydrogen-bond donors (Lipinski definition) is 21. The van der Waals surface area contributed by atoms with Crippen LogP contribution in [0.2, 0.25) is 0 Å². The smallest absolute Gasteiger partial charge is 0.327 e. The molecule has 78 heavy (non-hydrogen) atoms. The highest BCUT2D eigenvalue weighted by Crippen LogP contribution is 2.12. The highest BCUT2D eigenvalue weighted by molar-refractivity contribution is 7.80. The molecule has 0 rings (SSSR count). The SMILES string of the molecule is CC(C)C[C@H](NC(=O)[C@H](CO)NC(=O)[C@H](CC(C)C)NC(=O)[C@@H](NC(=O)[C@H](CCCNC(=N)N)NC(=O)[C@H](CS)NC(=O)[C@H](CO)NC(=O)[C@H](CS)NC(=O)[C@H](C)N)C(C)C)C(=O)N[C@@H](CC(N)=O)C(=O)N[C@@H](CS)C(=O)O. The molecule has 11 amide bonds. The molecule has 30 nitrogen and oxygen atoms in total. The van der Waals surface area contributed by atoms with Gasteiger partial charge in [-0.1, -0.05) is 41.5 Å². The van der Waals surface area contributed by atoms with Crippen LogP contribution in [-0.4, -0.2) is 196 Å². The van der Waals surface area contributed by atoms with E-state index in [4.69, 9.17) is 22.6 Å². The number of guanidine groups is 1. The number of aliphatic hydroxyl groups is 2. The number of carboxylic acids is 1.